The molecule has 0 unspecified atom stereocenters. The van der Waals surface area contributed by atoms with Crippen LogP contribution in [0, 0.1) is 0 Å². The van der Waals surface area contributed by atoms with E-state index in [1.54, 1.807) is 12.1 Å². The highest BCUT2D eigenvalue weighted by Gasteiger charge is 2.10. The molecule has 0 aliphatic rings. The van der Waals surface area contributed by atoms with Crippen LogP contribution in [-0.2, 0) is 16.4 Å². The number of aromatic carboxylic acids is 1. The number of sulfonamides is 1. The number of hydrogen-bond acceptors (Lipinski definition) is 4. The Kier molecular flexibility index (Phi) is 5.32. The van der Waals surface area contributed by atoms with Crippen molar-refractivity contribution < 1.29 is 23.1 Å². The molecule has 0 fully saturated rings. The molecule has 126 valence electrons. The van der Waals surface area contributed by atoms with Crippen LogP contribution in [0.2, 0.25) is 0 Å². The molecular formula is C16H16N2O5S. The number of carboxylic acids is 1. The van der Waals surface area contributed by atoms with Gasteiger partial charge in [-0.1, -0.05) is 18.2 Å². The van der Waals surface area contributed by atoms with E-state index in [1.165, 1.54) is 36.4 Å². The molecule has 0 atom stereocenters. The number of nitrogens with one attached hydrogen (secondary N) is 1. The van der Waals surface area contributed by atoms with Gasteiger partial charge in [-0.2, -0.15) is 0 Å². The summed E-state index contributed by atoms with van der Waals surface area (Å²) in [6, 6.07) is 11.8. The van der Waals surface area contributed by atoms with Crippen molar-refractivity contribution in [3.8, 4) is 0 Å². The summed E-state index contributed by atoms with van der Waals surface area (Å²) in [5.74, 6) is -1.47. The van der Waals surface area contributed by atoms with Gasteiger partial charge in [0.25, 0.3) is 5.91 Å². The van der Waals surface area contributed by atoms with Crippen LogP contribution in [0.4, 0.5) is 0 Å². The van der Waals surface area contributed by atoms with Crippen molar-refractivity contribution in [2.45, 2.75) is 11.3 Å². The van der Waals surface area contributed by atoms with Crippen molar-refractivity contribution in [2.24, 2.45) is 5.14 Å². The second-order valence-corrected chi connectivity index (χ2v) is 6.64. The maximum absolute atomic E-state index is 12.0. The Morgan fingerprint density at radius 2 is 1.67 bits per heavy atom. The molecule has 0 heterocycles. The molecule has 0 saturated heterocycles. The predicted molar refractivity (Wildman–Crippen MR) is 87.3 cm³/mol. The van der Waals surface area contributed by atoms with Gasteiger partial charge in [0, 0.05) is 12.1 Å². The van der Waals surface area contributed by atoms with Gasteiger partial charge >= 0.3 is 5.97 Å². The average Bonchev–Trinajstić information content (AvgIpc) is 2.54. The first-order valence-electron chi connectivity index (χ1n) is 7.00. The summed E-state index contributed by atoms with van der Waals surface area (Å²) >= 11 is 0. The van der Waals surface area contributed by atoms with Gasteiger partial charge in [-0.3, -0.25) is 4.79 Å². The van der Waals surface area contributed by atoms with Gasteiger partial charge in [0.1, 0.15) is 0 Å². The number of hydrogen-bond donors (Lipinski definition) is 3. The molecule has 0 radical (unpaired) electrons. The zero-order valence-electron chi connectivity index (χ0n) is 12.6. The molecule has 7 nitrogen and oxygen atoms in total. The van der Waals surface area contributed by atoms with Crippen LogP contribution in [0.15, 0.2) is 53.4 Å². The number of carbonyl (C=O) groups excluding carboxylic acids is 1. The summed E-state index contributed by atoms with van der Waals surface area (Å²) in [6.07, 6.45) is 0.495. The second-order valence-electron chi connectivity index (χ2n) is 5.08. The second kappa shape index (κ2) is 7.24. The van der Waals surface area contributed by atoms with E-state index in [0.29, 0.717) is 13.0 Å². The van der Waals surface area contributed by atoms with Gasteiger partial charge < -0.3 is 10.4 Å². The third kappa shape index (κ3) is 4.64. The minimum absolute atomic E-state index is 0.0285. The molecule has 2 rings (SSSR count). The number of amides is 1. The van der Waals surface area contributed by atoms with Crippen LogP contribution in [0.1, 0.15) is 26.3 Å². The molecule has 0 saturated carbocycles. The third-order valence-electron chi connectivity index (χ3n) is 3.32. The lowest BCUT2D eigenvalue weighted by molar-refractivity contribution is 0.0697. The predicted octanol–water partition coefficient (Wildman–Crippen LogP) is 1.00. The summed E-state index contributed by atoms with van der Waals surface area (Å²) < 4.78 is 22.3. The van der Waals surface area contributed by atoms with Crippen molar-refractivity contribution in [1.82, 2.24) is 5.32 Å². The average molecular weight is 348 g/mol. The number of carbonyl (C=O) groups is 2. The highest BCUT2D eigenvalue weighted by atomic mass is 32.2. The molecule has 4 N–H and O–H groups in total. The van der Waals surface area contributed by atoms with E-state index < -0.39 is 16.0 Å². The summed E-state index contributed by atoms with van der Waals surface area (Å²) in [5, 5.41) is 16.6. The lowest BCUT2D eigenvalue weighted by atomic mass is 10.1. The Morgan fingerprint density at radius 3 is 2.25 bits per heavy atom. The van der Waals surface area contributed by atoms with E-state index in [9.17, 15) is 18.0 Å². The number of nitrogens with two attached hydrogens (primary N) is 1. The fourth-order valence-electron chi connectivity index (χ4n) is 2.06. The van der Waals surface area contributed by atoms with Gasteiger partial charge in [0.05, 0.1) is 10.5 Å². The maximum Gasteiger partial charge on any atom is 0.335 e. The molecule has 0 aliphatic carbocycles. The largest absolute Gasteiger partial charge is 0.478 e. The number of rotatable bonds is 6. The zero-order valence-corrected chi connectivity index (χ0v) is 13.4. The Balaban J connectivity index is 1.93. The minimum atomic E-state index is -3.72. The molecule has 1 amide bonds. The highest BCUT2D eigenvalue weighted by molar-refractivity contribution is 7.89. The number of carboxylic acid groups (broad SMARTS) is 1. The standard InChI is InChI=1S/C16H16N2O5S/c17-24(22,23)14-6-4-11(5-7-14)8-9-18-15(19)12-2-1-3-13(10-12)16(20)21/h1-7,10H,8-9H2,(H,18,19)(H,20,21)(H2,17,22,23). The monoisotopic (exact) mass is 348 g/mol. The first-order valence-corrected chi connectivity index (χ1v) is 8.55. The molecular weight excluding hydrogens is 332 g/mol. The number of primary sulfonamides is 1. The molecule has 0 bridgehead atoms. The Morgan fingerprint density at radius 1 is 1.04 bits per heavy atom. The van der Waals surface area contributed by atoms with Gasteiger partial charge in [0.2, 0.25) is 10.0 Å². The molecule has 0 aliphatic heterocycles. The SMILES string of the molecule is NS(=O)(=O)c1ccc(CCNC(=O)c2cccc(C(=O)O)c2)cc1. The van der Waals surface area contributed by atoms with Crippen molar-refractivity contribution in [3.63, 3.8) is 0 Å². The molecule has 8 heteroatoms. The molecule has 2 aromatic rings. The van der Waals surface area contributed by atoms with E-state index in [1.807, 2.05) is 0 Å². The molecule has 0 spiro atoms. The Labute approximate surface area is 139 Å². The minimum Gasteiger partial charge on any atom is -0.478 e. The van der Waals surface area contributed by atoms with E-state index in [-0.39, 0.29) is 21.9 Å². The van der Waals surface area contributed by atoms with Gasteiger partial charge in [-0.15, -0.1) is 0 Å². The summed E-state index contributed by atoms with van der Waals surface area (Å²) in [5.41, 5.74) is 1.14. The van der Waals surface area contributed by atoms with Crippen LogP contribution in [0.25, 0.3) is 0 Å². The maximum atomic E-state index is 12.0. The van der Waals surface area contributed by atoms with Crippen LogP contribution in [0.5, 0.6) is 0 Å². The molecule has 24 heavy (non-hydrogen) atoms. The summed E-state index contributed by atoms with van der Waals surface area (Å²) in [4.78, 5) is 22.9. The highest BCUT2D eigenvalue weighted by Crippen LogP contribution is 2.09. The first kappa shape index (κ1) is 17.6. The van der Waals surface area contributed by atoms with Crippen LogP contribution in [0.3, 0.4) is 0 Å². The lowest BCUT2D eigenvalue weighted by Crippen LogP contribution is -2.25. The summed E-state index contributed by atoms with van der Waals surface area (Å²) in [6.45, 7) is 0.324. The zero-order chi connectivity index (χ0) is 17.7. The normalized spacial score (nSPS) is 11.0. The van der Waals surface area contributed by atoms with Crippen LogP contribution < -0.4 is 10.5 Å². The molecule has 2 aromatic carbocycles. The first-order chi connectivity index (χ1) is 11.3. The van der Waals surface area contributed by atoms with Crippen molar-refractivity contribution in [2.75, 3.05) is 6.54 Å². The smallest absolute Gasteiger partial charge is 0.335 e. The molecule has 0 aromatic heterocycles. The van der Waals surface area contributed by atoms with Gasteiger partial charge in [0.15, 0.2) is 0 Å². The summed E-state index contributed by atoms with van der Waals surface area (Å²) in [7, 11) is -3.72. The number of benzene rings is 2. The van der Waals surface area contributed by atoms with Crippen molar-refractivity contribution in [3.05, 3.63) is 65.2 Å². The third-order valence-corrected chi connectivity index (χ3v) is 4.25. The van der Waals surface area contributed by atoms with E-state index >= 15 is 0 Å². The van der Waals surface area contributed by atoms with Gasteiger partial charge in [-0.05, 0) is 42.3 Å². The van der Waals surface area contributed by atoms with E-state index in [0.717, 1.165) is 5.56 Å². The van der Waals surface area contributed by atoms with Crippen molar-refractivity contribution in [1.29, 1.82) is 0 Å². The van der Waals surface area contributed by atoms with Crippen LogP contribution in [-0.4, -0.2) is 31.9 Å². The lowest BCUT2D eigenvalue weighted by Gasteiger charge is -2.07. The van der Waals surface area contributed by atoms with Gasteiger partial charge in [-0.25, -0.2) is 18.4 Å². The van der Waals surface area contributed by atoms with E-state index in [2.05, 4.69) is 5.32 Å². The Hall–Kier alpha value is -2.71. The van der Waals surface area contributed by atoms with E-state index in [4.69, 9.17) is 10.2 Å². The topological polar surface area (TPSA) is 127 Å². The Bertz CT molecular complexity index is 860. The van der Waals surface area contributed by atoms with Crippen molar-refractivity contribution >= 4 is 21.9 Å². The quantitative estimate of drug-likeness (QED) is 0.718. The fourth-order valence-corrected chi connectivity index (χ4v) is 2.58. The van der Waals surface area contributed by atoms with Crippen LogP contribution >= 0.6 is 0 Å². The fraction of sp³-hybridized carbons (Fsp3) is 0.125.